The van der Waals surface area contributed by atoms with Crippen molar-refractivity contribution in [3.05, 3.63) is 190 Å². The quantitative estimate of drug-likeness (QED) is 0.139. The van der Waals surface area contributed by atoms with Crippen molar-refractivity contribution < 1.29 is 4.74 Å². The maximum absolute atomic E-state index is 6.99. The van der Waals surface area contributed by atoms with Gasteiger partial charge in [-0.2, -0.15) is 0 Å². The molecule has 3 heterocycles. The van der Waals surface area contributed by atoms with Gasteiger partial charge in [0.25, 0.3) is 6.71 Å². The Morgan fingerprint density at radius 2 is 1.35 bits per heavy atom. The van der Waals surface area contributed by atoms with Crippen LogP contribution in [0.1, 0.15) is 53.1 Å². The molecule has 0 amide bonds. The maximum atomic E-state index is 6.99. The van der Waals surface area contributed by atoms with E-state index in [9.17, 15) is 0 Å². The Labute approximate surface area is 299 Å². The van der Waals surface area contributed by atoms with Crippen LogP contribution in [0, 0.1) is 18.8 Å². The van der Waals surface area contributed by atoms with Gasteiger partial charge in [-0.05, 0) is 112 Å². The minimum absolute atomic E-state index is 0.0673. The van der Waals surface area contributed by atoms with Gasteiger partial charge in [0.15, 0.2) is 0 Å². The molecule has 242 valence electrons. The van der Waals surface area contributed by atoms with Gasteiger partial charge in [-0.15, -0.1) is 0 Å². The second-order valence-electron chi connectivity index (χ2n) is 16.0. The molecule has 0 spiro atoms. The van der Waals surface area contributed by atoms with E-state index in [-0.39, 0.29) is 12.1 Å². The summed E-state index contributed by atoms with van der Waals surface area (Å²) in [5, 5.41) is 0. The number of ether oxygens (including phenoxy) is 1. The third-order valence-electron chi connectivity index (χ3n) is 13.2. The molecule has 6 aromatic rings. The lowest BCUT2D eigenvalue weighted by atomic mass is 9.28. The SMILES string of the molecule is Cc1cc2c3c(c1)N(c1ccc(C4(C)C=C5CC6=CC(C4)C65)cc1)c1cccc4c1B3c1c(cccc1C4(c1ccccc1)c1ccccc1)O2. The average molecular weight is 654 g/mol. The minimum atomic E-state index is -0.521. The normalized spacial score (nSPS) is 23.1. The Kier molecular flexibility index (Phi) is 5.32. The number of rotatable bonds is 4. The number of hydrogen-bond acceptors (Lipinski definition) is 2. The first-order chi connectivity index (χ1) is 25.0. The van der Waals surface area contributed by atoms with Gasteiger partial charge in [0.2, 0.25) is 0 Å². The van der Waals surface area contributed by atoms with Gasteiger partial charge in [-0.3, -0.25) is 0 Å². The van der Waals surface area contributed by atoms with Crippen molar-refractivity contribution in [1.29, 1.82) is 0 Å². The van der Waals surface area contributed by atoms with Crippen molar-refractivity contribution in [1.82, 2.24) is 0 Å². The lowest BCUT2D eigenvalue weighted by Crippen LogP contribution is -2.66. The minimum Gasteiger partial charge on any atom is -0.458 e. The average Bonchev–Trinajstić information content (AvgIpc) is 3.14. The Hall–Kier alpha value is -5.54. The fourth-order valence-electron chi connectivity index (χ4n) is 11.2. The van der Waals surface area contributed by atoms with E-state index >= 15 is 0 Å². The summed E-state index contributed by atoms with van der Waals surface area (Å²) in [4.78, 5) is 2.53. The first-order valence-electron chi connectivity index (χ1n) is 18.6. The van der Waals surface area contributed by atoms with E-state index in [0.717, 1.165) is 23.3 Å². The largest absolute Gasteiger partial charge is 0.458 e. The van der Waals surface area contributed by atoms with Gasteiger partial charge < -0.3 is 9.64 Å². The summed E-state index contributed by atoms with van der Waals surface area (Å²) in [7, 11) is 0. The number of aryl methyl sites for hydroxylation is 1. The van der Waals surface area contributed by atoms with Crippen LogP contribution in [-0.4, -0.2) is 6.71 Å². The first-order valence-corrected chi connectivity index (χ1v) is 18.6. The van der Waals surface area contributed by atoms with E-state index in [1.165, 1.54) is 79.7 Å². The number of allylic oxidation sites excluding steroid dienone is 4. The summed E-state index contributed by atoms with van der Waals surface area (Å²) in [6.07, 6.45) is 7.55. The number of nitrogens with zero attached hydrogens (tertiary/aromatic N) is 1. The van der Waals surface area contributed by atoms with E-state index in [0.29, 0.717) is 0 Å². The smallest absolute Gasteiger partial charge is 0.257 e. The fraction of sp³-hybridized carbons (Fsp3) is 0.167. The fourth-order valence-corrected chi connectivity index (χ4v) is 11.2. The lowest BCUT2D eigenvalue weighted by molar-refractivity contribution is 0.275. The monoisotopic (exact) mass is 653 g/mol. The topological polar surface area (TPSA) is 12.5 Å². The summed E-state index contributed by atoms with van der Waals surface area (Å²) < 4.78 is 6.99. The standard InChI is InChI=1S/C48H36BNO/c1-29-23-40-46-42(24-29)51-41-18-10-16-38-45(41)49(46)44-37(48(38,34-11-5-3-6-12-34)35-13-7-4-8-14-35)15-9-17-39(44)50(40)36-21-19-33(20-22-36)47(2)27-31-25-30-26-32(28-47)43(30)31/h3-25,28,31,43H,26-27H2,1-2H3. The van der Waals surface area contributed by atoms with Crippen LogP contribution in [0.3, 0.4) is 0 Å². The maximum Gasteiger partial charge on any atom is 0.257 e. The van der Waals surface area contributed by atoms with Gasteiger partial charge in [-0.25, -0.2) is 0 Å². The molecule has 3 atom stereocenters. The Morgan fingerprint density at radius 3 is 2.06 bits per heavy atom. The second-order valence-corrected chi connectivity index (χ2v) is 16.0. The van der Waals surface area contributed by atoms with Crippen molar-refractivity contribution in [3.8, 4) is 11.5 Å². The van der Waals surface area contributed by atoms with E-state index in [1.54, 1.807) is 11.1 Å². The number of benzene rings is 6. The predicted molar refractivity (Wildman–Crippen MR) is 209 cm³/mol. The zero-order chi connectivity index (χ0) is 33.6. The third kappa shape index (κ3) is 3.45. The van der Waals surface area contributed by atoms with Crippen LogP contribution in [0.2, 0.25) is 0 Å². The molecule has 6 aliphatic rings. The van der Waals surface area contributed by atoms with Crippen molar-refractivity contribution in [3.63, 3.8) is 0 Å². The van der Waals surface area contributed by atoms with Crippen LogP contribution in [0.25, 0.3) is 0 Å². The molecule has 3 heteroatoms. The Morgan fingerprint density at radius 1 is 0.647 bits per heavy atom. The molecular formula is C48H36BNO. The van der Waals surface area contributed by atoms with Gasteiger partial charge in [-0.1, -0.05) is 127 Å². The van der Waals surface area contributed by atoms with Gasteiger partial charge in [0, 0.05) is 28.4 Å². The molecule has 51 heavy (non-hydrogen) atoms. The van der Waals surface area contributed by atoms with Crippen molar-refractivity contribution in [2.75, 3.05) is 4.90 Å². The van der Waals surface area contributed by atoms with E-state index in [1.807, 2.05) is 0 Å². The zero-order valence-electron chi connectivity index (χ0n) is 28.9. The lowest BCUT2D eigenvalue weighted by Gasteiger charge is -2.54. The van der Waals surface area contributed by atoms with Gasteiger partial charge in [0.1, 0.15) is 11.5 Å². The molecule has 3 aliphatic carbocycles. The van der Waals surface area contributed by atoms with Crippen LogP contribution in [0.5, 0.6) is 11.5 Å². The molecule has 1 fully saturated rings. The van der Waals surface area contributed by atoms with Crippen LogP contribution >= 0.6 is 0 Å². The highest BCUT2D eigenvalue weighted by Crippen LogP contribution is 2.60. The zero-order valence-corrected chi connectivity index (χ0v) is 28.9. The molecule has 0 saturated heterocycles. The molecular weight excluding hydrogens is 617 g/mol. The molecule has 3 aliphatic heterocycles. The molecule has 2 nitrogen and oxygen atoms in total. The Bertz CT molecular complexity index is 2510. The van der Waals surface area contributed by atoms with Gasteiger partial charge in [0.05, 0.1) is 5.41 Å². The second kappa shape index (κ2) is 9.62. The molecule has 1 saturated carbocycles. The summed E-state index contributed by atoms with van der Waals surface area (Å²) in [6, 6.07) is 50.2. The molecule has 12 rings (SSSR count). The molecule has 6 aromatic carbocycles. The van der Waals surface area contributed by atoms with Crippen LogP contribution in [-0.2, 0) is 10.8 Å². The molecule has 3 unspecified atom stereocenters. The highest BCUT2D eigenvalue weighted by atomic mass is 16.5. The summed E-state index contributed by atoms with van der Waals surface area (Å²) >= 11 is 0. The van der Waals surface area contributed by atoms with Crippen LogP contribution in [0.4, 0.5) is 17.1 Å². The molecule has 0 aromatic heterocycles. The number of anilines is 3. The van der Waals surface area contributed by atoms with E-state index in [4.69, 9.17) is 4.74 Å². The van der Waals surface area contributed by atoms with Crippen LogP contribution in [0.15, 0.2) is 157 Å². The van der Waals surface area contributed by atoms with Crippen molar-refractivity contribution >= 4 is 40.2 Å². The molecule has 0 radical (unpaired) electrons. The summed E-state index contributed by atoms with van der Waals surface area (Å²) in [5.74, 6) is 3.42. The predicted octanol–water partition coefficient (Wildman–Crippen LogP) is 9.26. The van der Waals surface area contributed by atoms with E-state index < -0.39 is 5.41 Å². The summed E-state index contributed by atoms with van der Waals surface area (Å²) in [5.41, 5.74) is 18.3. The Balaban J connectivity index is 1.12. The molecule has 0 bridgehead atoms. The van der Waals surface area contributed by atoms with E-state index in [2.05, 4.69) is 164 Å². The molecule has 0 N–H and O–H groups in total. The summed E-state index contributed by atoms with van der Waals surface area (Å²) in [6.45, 7) is 4.72. The highest BCUT2D eigenvalue weighted by molar-refractivity contribution is 7.00. The third-order valence-corrected chi connectivity index (χ3v) is 13.2. The number of hydrogen-bond donors (Lipinski definition) is 0. The van der Waals surface area contributed by atoms with Crippen molar-refractivity contribution in [2.24, 2.45) is 11.8 Å². The van der Waals surface area contributed by atoms with Gasteiger partial charge >= 0.3 is 0 Å². The van der Waals surface area contributed by atoms with Crippen molar-refractivity contribution in [2.45, 2.75) is 37.5 Å². The highest BCUT2D eigenvalue weighted by Gasteiger charge is 2.55. The van der Waals surface area contributed by atoms with Crippen LogP contribution < -0.4 is 26.0 Å². The first kappa shape index (κ1) is 28.2.